The smallest absolute Gasteiger partial charge is 0.0636 e. The fourth-order valence-corrected chi connectivity index (χ4v) is 0.684. The molecule has 0 bridgehead atoms. The molecule has 7 heavy (non-hydrogen) atoms. The first-order valence-corrected chi connectivity index (χ1v) is 3.59. The van der Waals surface area contributed by atoms with E-state index < -0.39 is 0 Å². The fraction of sp³-hybridized carbons (Fsp3) is 0.600. The highest BCUT2D eigenvalue weighted by atomic mass is 79.9. The Morgan fingerprint density at radius 3 is 2.43 bits per heavy atom. The molecule has 42 valence electrons. The van der Waals surface area contributed by atoms with Gasteiger partial charge in [0, 0.05) is 5.33 Å². The molecule has 0 aromatic carbocycles. The van der Waals surface area contributed by atoms with Crippen LogP contribution in [0.2, 0.25) is 0 Å². The van der Waals surface area contributed by atoms with Gasteiger partial charge in [-0.1, -0.05) is 28.1 Å². The van der Waals surface area contributed by atoms with E-state index >= 15 is 0 Å². The number of hydrogen-bond donors (Lipinski definition) is 0. The summed E-state index contributed by atoms with van der Waals surface area (Å²) in [5.41, 5.74) is 1.01. The molecule has 0 amide bonds. The van der Waals surface area contributed by atoms with Gasteiger partial charge < -0.3 is 0 Å². The predicted octanol–water partition coefficient (Wildman–Crippen LogP) is 2.56. The third kappa shape index (κ3) is 3.12. The van der Waals surface area contributed by atoms with Gasteiger partial charge >= 0.3 is 0 Å². The van der Waals surface area contributed by atoms with Gasteiger partial charge in [-0.15, -0.1) is 11.6 Å². The zero-order valence-corrected chi connectivity index (χ0v) is 6.59. The van der Waals surface area contributed by atoms with Crippen molar-refractivity contribution in [1.82, 2.24) is 0 Å². The van der Waals surface area contributed by atoms with Crippen LogP contribution >= 0.6 is 27.5 Å². The van der Waals surface area contributed by atoms with E-state index in [4.69, 9.17) is 11.6 Å². The van der Waals surface area contributed by atoms with Crippen molar-refractivity contribution in [2.24, 2.45) is 0 Å². The van der Waals surface area contributed by atoms with Crippen molar-refractivity contribution in [2.45, 2.75) is 12.3 Å². The van der Waals surface area contributed by atoms with Gasteiger partial charge in [0.25, 0.3) is 0 Å². The van der Waals surface area contributed by atoms with Crippen LogP contribution < -0.4 is 0 Å². The highest BCUT2D eigenvalue weighted by Gasteiger charge is 1.98. The van der Waals surface area contributed by atoms with Gasteiger partial charge in [-0.3, -0.25) is 0 Å². The molecule has 0 nitrogen and oxygen atoms in total. The first-order chi connectivity index (χ1) is 3.18. The van der Waals surface area contributed by atoms with E-state index in [2.05, 4.69) is 22.5 Å². The second-order valence-corrected chi connectivity index (χ2v) is 2.64. The molecule has 0 aliphatic carbocycles. The molecule has 0 N–H and O–H groups in total. The third-order valence-corrected chi connectivity index (χ3v) is 2.22. The molecule has 0 fully saturated rings. The quantitative estimate of drug-likeness (QED) is 0.456. The first-order valence-electron chi connectivity index (χ1n) is 2.04. The van der Waals surface area contributed by atoms with Crippen molar-refractivity contribution in [1.29, 1.82) is 0 Å². The monoisotopic (exact) mass is 182 g/mol. The normalized spacial score (nSPS) is 13.6. The number of alkyl halides is 2. The maximum Gasteiger partial charge on any atom is 0.0636 e. The zero-order chi connectivity index (χ0) is 5.86. The van der Waals surface area contributed by atoms with Gasteiger partial charge in [0.1, 0.15) is 0 Å². The van der Waals surface area contributed by atoms with E-state index in [-0.39, 0.29) is 5.38 Å². The first kappa shape index (κ1) is 7.51. The molecular weight excluding hydrogens is 175 g/mol. The summed E-state index contributed by atoms with van der Waals surface area (Å²) in [5, 5.41) is 0.893. The second kappa shape index (κ2) is 3.50. The van der Waals surface area contributed by atoms with Crippen molar-refractivity contribution >= 4 is 27.5 Å². The Hall–Kier alpha value is 0.510. The summed E-state index contributed by atoms with van der Waals surface area (Å²) >= 11 is 8.88. The molecule has 2 heteroatoms. The Morgan fingerprint density at radius 2 is 2.43 bits per heavy atom. The molecule has 0 aliphatic rings. The van der Waals surface area contributed by atoms with Gasteiger partial charge in [0.05, 0.1) is 5.38 Å². The van der Waals surface area contributed by atoms with Crippen LogP contribution in [-0.2, 0) is 0 Å². The van der Waals surface area contributed by atoms with Crippen molar-refractivity contribution in [3.8, 4) is 0 Å². The maximum absolute atomic E-state index is 5.65. The van der Waals surface area contributed by atoms with Crippen LogP contribution in [0.25, 0.3) is 0 Å². The van der Waals surface area contributed by atoms with Gasteiger partial charge in [0.15, 0.2) is 0 Å². The van der Waals surface area contributed by atoms with Gasteiger partial charge in [-0.2, -0.15) is 0 Å². The van der Waals surface area contributed by atoms with Gasteiger partial charge in [-0.05, 0) is 6.92 Å². The van der Waals surface area contributed by atoms with E-state index in [1.54, 1.807) is 0 Å². The average Bonchev–Trinajstić information content (AvgIpc) is 1.65. The molecule has 0 heterocycles. The lowest BCUT2D eigenvalue weighted by Gasteiger charge is -2.00. The minimum absolute atomic E-state index is 0.0972. The van der Waals surface area contributed by atoms with Crippen LogP contribution in [0.15, 0.2) is 12.2 Å². The van der Waals surface area contributed by atoms with Crippen molar-refractivity contribution in [3.05, 3.63) is 12.2 Å². The van der Waals surface area contributed by atoms with E-state index in [1.807, 2.05) is 6.92 Å². The average molecular weight is 183 g/mol. The van der Waals surface area contributed by atoms with Crippen LogP contribution in [0.3, 0.4) is 0 Å². The molecule has 1 atom stereocenters. The van der Waals surface area contributed by atoms with E-state index in [0.29, 0.717) is 0 Å². The summed E-state index contributed by atoms with van der Waals surface area (Å²) in [6, 6.07) is 0. The van der Waals surface area contributed by atoms with E-state index in [0.717, 1.165) is 10.9 Å². The molecule has 0 aliphatic heterocycles. The van der Waals surface area contributed by atoms with E-state index in [1.165, 1.54) is 0 Å². The zero-order valence-electron chi connectivity index (χ0n) is 4.25. The Kier molecular flexibility index (Phi) is 3.76. The minimum atomic E-state index is 0.0972. The summed E-state index contributed by atoms with van der Waals surface area (Å²) in [7, 11) is 0. The second-order valence-electron chi connectivity index (χ2n) is 1.47. The van der Waals surface area contributed by atoms with E-state index in [9.17, 15) is 0 Å². The van der Waals surface area contributed by atoms with Gasteiger partial charge in [0.2, 0.25) is 0 Å². The maximum atomic E-state index is 5.65. The third-order valence-electron chi connectivity index (χ3n) is 0.670. The summed E-state index contributed by atoms with van der Waals surface area (Å²) in [4.78, 5) is 0. The molecule has 0 saturated carbocycles. The molecule has 0 spiro atoms. The number of rotatable bonds is 2. The van der Waals surface area contributed by atoms with Crippen molar-refractivity contribution in [3.63, 3.8) is 0 Å². The van der Waals surface area contributed by atoms with Crippen molar-refractivity contribution in [2.75, 3.05) is 5.33 Å². The summed E-state index contributed by atoms with van der Waals surface area (Å²) in [6.07, 6.45) is 0. The van der Waals surface area contributed by atoms with Crippen LogP contribution in [-0.4, -0.2) is 10.7 Å². The Morgan fingerprint density at radius 1 is 2.00 bits per heavy atom. The lowest BCUT2D eigenvalue weighted by atomic mass is 10.3. The number of halogens is 2. The minimum Gasteiger partial charge on any atom is -0.117 e. The number of hydrogen-bond acceptors (Lipinski definition) is 0. The lowest BCUT2D eigenvalue weighted by molar-refractivity contribution is 1.14. The standard InChI is InChI=1S/C5H8BrCl/c1-4(2)5(7)3-6/h5H,1,3H2,2H3. The molecule has 1 unspecified atom stereocenters. The molecule has 0 radical (unpaired) electrons. The Balaban J connectivity index is 3.34. The van der Waals surface area contributed by atoms with Crippen LogP contribution in [0.1, 0.15) is 6.92 Å². The molecule has 0 rings (SSSR count). The SMILES string of the molecule is C=C(C)C(Cl)CBr. The lowest BCUT2D eigenvalue weighted by Crippen LogP contribution is -1.98. The van der Waals surface area contributed by atoms with Crippen LogP contribution in [0.4, 0.5) is 0 Å². The largest absolute Gasteiger partial charge is 0.117 e. The highest BCUT2D eigenvalue weighted by Crippen LogP contribution is 2.08. The predicted molar refractivity (Wildman–Crippen MR) is 38.2 cm³/mol. The Labute approximate surface area is 57.7 Å². The van der Waals surface area contributed by atoms with Crippen LogP contribution in [0.5, 0.6) is 0 Å². The molecule has 0 aromatic heterocycles. The topological polar surface area (TPSA) is 0 Å². The fourth-order valence-electron chi connectivity index (χ4n) is 0.132. The summed E-state index contributed by atoms with van der Waals surface area (Å²) in [6.45, 7) is 5.58. The molecule has 0 aromatic rings. The van der Waals surface area contributed by atoms with Crippen molar-refractivity contribution < 1.29 is 0 Å². The molecule has 0 saturated heterocycles. The highest BCUT2D eigenvalue weighted by molar-refractivity contribution is 9.09. The Bertz CT molecular complexity index is 70.5. The van der Waals surface area contributed by atoms with Gasteiger partial charge in [-0.25, -0.2) is 0 Å². The number of allylic oxidation sites excluding steroid dienone is 1. The summed E-state index contributed by atoms with van der Waals surface area (Å²) < 4.78 is 0. The molecular formula is C5H8BrCl. The summed E-state index contributed by atoms with van der Waals surface area (Å²) in [5.74, 6) is 0. The van der Waals surface area contributed by atoms with Crippen LogP contribution in [0, 0.1) is 0 Å².